The first-order valence-electron chi connectivity index (χ1n) is 5.45. The Morgan fingerprint density at radius 3 is 2.67 bits per heavy atom. The molecule has 1 saturated carbocycles. The highest BCUT2D eigenvalue weighted by Crippen LogP contribution is 2.38. The van der Waals surface area contributed by atoms with Crippen LogP contribution in [0.3, 0.4) is 0 Å². The monoisotopic (exact) mass is 170 g/mol. The highest BCUT2D eigenvalue weighted by molar-refractivity contribution is 4.88. The first-order valence-corrected chi connectivity index (χ1v) is 5.45. The molecule has 0 heterocycles. The van der Waals surface area contributed by atoms with Gasteiger partial charge in [-0.3, -0.25) is 0 Å². The van der Waals surface area contributed by atoms with Crippen LogP contribution in [0.2, 0.25) is 0 Å². The van der Waals surface area contributed by atoms with E-state index in [2.05, 4.69) is 13.8 Å². The van der Waals surface area contributed by atoms with E-state index < -0.39 is 0 Å². The highest BCUT2D eigenvalue weighted by atomic mass is 16.3. The minimum atomic E-state index is -0.311. The Labute approximate surface area is 76.2 Å². The molecule has 2 unspecified atom stereocenters. The van der Waals surface area contributed by atoms with Gasteiger partial charge < -0.3 is 5.11 Å². The van der Waals surface area contributed by atoms with Gasteiger partial charge in [0.05, 0.1) is 5.60 Å². The van der Waals surface area contributed by atoms with E-state index in [1.165, 1.54) is 32.1 Å². The van der Waals surface area contributed by atoms with Crippen molar-refractivity contribution in [3.8, 4) is 0 Å². The van der Waals surface area contributed by atoms with Gasteiger partial charge in [0.1, 0.15) is 0 Å². The predicted octanol–water partition coefficient (Wildman–Crippen LogP) is 3.12. The van der Waals surface area contributed by atoms with Crippen molar-refractivity contribution in [2.45, 2.75) is 64.4 Å². The van der Waals surface area contributed by atoms with Gasteiger partial charge in [0.25, 0.3) is 0 Å². The Morgan fingerprint density at radius 1 is 1.33 bits per heavy atom. The fourth-order valence-electron chi connectivity index (χ4n) is 2.52. The lowest BCUT2D eigenvalue weighted by Gasteiger charge is -2.39. The Bertz CT molecular complexity index is 131. The number of rotatable bonds is 3. The van der Waals surface area contributed by atoms with Gasteiger partial charge in [-0.15, -0.1) is 0 Å². The first kappa shape index (κ1) is 10.0. The summed E-state index contributed by atoms with van der Waals surface area (Å²) in [5.41, 5.74) is -0.311. The fourth-order valence-corrected chi connectivity index (χ4v) is 2.52. The average molecular weight is 170 g/mol. The predicted molar refractivity (Wildman–Crippen MR) is 52.1 cm³/mol. The van der Waals surface area contributed by atoms with Crippen LogP contribution in [0.4, 0.5) is 0 Å². The maximum atomic E-state index is 10.3. The molecule has 0 aliphatic heterocycles. The molecule has 1 aliphatic rings. The molecule has 12 heavy (non-hydrogen) atoms. The van der Waals surface area contributed by atoms with E-state index in [4.69, 9.17) is 0 Å². The summed E-state index contributed by atoms with van der Waals surface area (Å²) in [5.74, 6) is 0.584. The molecule has 1 fully saturated rings. The molecule has 0 aromatic rings. The molecule has 0 aromatic carbocycles. The van der Waals surface area contributed by atoms with Crippen molar-refractivity contribution < 1.29 is 5.11 Å². The van der Waals surface area contributed by atoms with Crippen molar-refractivity contribution in [1.29, 1.82) is 0 Å². The molecule has 0 saturated heterocycles. The summed E-state index contributed by atoms with van der Waals surface area (Å²) in [5, 5.41) is 10.3. The molecule has 2 atom stereocenters. The van der Waals surface area contributed by atoms with Crippen molar-refractivity contribution in [3.63, 3.8) is 0 Å². The highest BCUT2D eigenvalue weighted by Gasteiger charge is 2.36. The van der Waals surface area contributed by atoms with Crippen LogP contribution in [0, 0.1) is 5.92 Å². The molecule has 1 nitrogen and oxygen atoms in total. The number of hydrogen-bond donors (Lipinski definition) is 1. The minimum absolute atomic E-state index is 0.311. The van der Waals surface area contributed by atoms with E-state index >= 15 is 0 Å². The van der Waals surface area contributed by atoms with E-state index in [0.29, 0.717) is 5.92 Å². The van der Waals surface area contributed by atoms with Gasteiger partial charge in [-0.1, -0.05) is 33.1 Å². The molecular weight excluding hydrogens is 148 g/mol. The second-order valence-corrected chi connectivity index (χ2v) is 4.19. The lowest BCUT2D eigenvalue weighted by molar-refractivity contribution is -0.0544. The van der Waals surface area contributed by atoms with E-state index in [1.807, 2.05) is 0 Å². The Morgan fingerprint density at radius 2 is 2.08 bits per heavy atom. The maximum Gasteiger partial charge on any atom is 0.0673 e. The fraction of sp³-hybridized carbons (Fsp3) is 1.00. The van der Waals surface area contributed by atoms with E-state index in [0.717, 1.165) is 12.8 Å². The van der Waals surface area contributed by atoms with Crippen LogP contribution in [0.15, 0.2) is 0 Å². The van der Waals surface area contributed by atoms with Crippen LogP contribution in [-0.4, -0.2) is 10.7 Å². The SMILES string of the molecule is CCCC1CCCCC1(O)CC. The third kappa shape index (κ3) is 2.01. The van der Waals surface area contributed by atoms with Gasteiger partial charge in [0.2, 0.25) is 0 Å². The van der Waals surface area contributed by atoms with Crippen LogP contribution in [0.25, 0.3) is 0 Å². The third-order valence-electron chi connectivity index (χ3n) is 3.42. The molecule has 0 aromatic heterocycles. The summed E-state index contributed by atoms with van der Waals surface area (Å²) in [4.78, 5) is 0. The zero-order valence-corrected chi connectivity index (χ0v) is 8.47. The Hall–Kier alpha value is -0.0400. The molecule has 1 rings (SSSR count). The Kier molecular flexibility index (Phi) is 3.57. The van der Waals surface area contributed by atoms with Gasteiger partial charge in [0.15, 0.2) is 0 Å². The summed E-state index contributed by atoms with van der Waals surface area (Å²) in [6.45, 7) is 4.33. The van der Waals surface area contributed by atoms with Crippen LogP contribution >= 0.6 is 0 Å². The van der Waals surface area contributed by atoms with Crippen molar-refractivity contribution in [2.24, 2.45) is 5.92 Å². The van der Waals surface area contributed by atoms with E-state index in [1.54, 1.807) is 0 Å². The second-order valence-electron chi connectivity index (χ2n) is 4.19. The molecule has 1 heteroatoms. The lowest BCUT2D eigenvalue weighted by Crippen LogP contribution is -2.39. The van der Waals surface area contributed by atoms with Crippen molar-refractivity contribution >= 4 is 0 Å². The largest absolute Gasteiger partial charge is 0.390 e. The zero-order valence-electron chi connectivity index (χ0n) is 8.47. The summed E-state index contributed by atoms with van der Waals surface area (Å²) >= 11 is 0. The summed E-state index contributed by atoms with van der Waals surface area (Å²) in [6.07, 6.45) is 8.21. The van der Waals surface area contributed by atoms with Crippen LogP contribution < -0.4 is 0 Å². The zero-order chi connectivity index (χ0) is 9.03. The molecule has 0 bridgehead atoms. The van der Waals surface area contributed by atoms with Gasteiger partial charge in [-0.05, 0) is 31.6 Å². The smallest absolute Gasteiger partial charge is 0.0673 e. The van der Waals surface area contributed by atoms with Gasteiger partial charge in [-0.25, -0.2) is 0 Å². The van der Waals surface area contributed by atoms with Crippen LogP contribution in [-0.2, 0) is 0 Å². The topological polar surface area (TPSA) is 20.2 Å². The maximum absolute atomic E-state index is 10.3. The molecule has 72 valence electrons. The van der Waals surface area contributed by atoms with Crippen LogP contribution in [0.5, 0.6) is 0 Å². The Balaban J connectivity index is 2.53. The average Bonchev–Trinajstić information content (AvgIpc) is 2.10. The van der Waals surface area contributed by atoms with E-state index in [9.17, 15) is 5.11 Å². The van der Waals surface area contributed by atoms with Crippen molar-refractivity contribution in [3.05, 3.63) is 0 Å². The molecule has 0 radical (unpaired) electrons. The minimum Gasteiger partial charge on any atom is -0.390 e. The summed E-state index contributed by atoms with van der Waals surface area (Å²) in [7, 11) is 0. The quantitative estimate of drug-likeness (QED) is 0.690. The lowest BCUT2D eigenvalue weighted by atomic mass is 9.72. The van der Waals surface area contributed by atoms with E-state index in [-0.39, 0.29) is 5.60 Å². The molecular formula is C11H22O. The standard InChI is InChI=1S/C11H22O/c1-3-7-10-8-5-6-9-11(10,12)4-2/h10,12H,3-9H2,1-2H3. The van der Waals surface area contributed by atoms with Crippen LogP contribution in [0.1, 0.15) is 58.8 Å². The molecule has 1 N–H and O–H groups in total. The third-order valence-corrected chi connectivity index (χ3v) is 3.42. The van der Waals surface area contributed by atoms with Gasteiger partial charge in [-0.2, -0.15) is 0 Å². The van der Waals surface area contributed by atoms with Gasteiger partial charge in [0, 0.05) is 0 Å². The van der Waals surface area contributed by atoms with Gasteiger partial charge >= 0.3 is 0 Å². The number of aliphatic hydroxyl groups is 1. The molecule has 0 amide bonds. The summed E-state index contributed by atoms with van der Waals surface area (Å²) in [6, 6.07) is 0. The first-order chi connectivity index (χ1) is 5.73. The normalized spacial score (nSPS) is 36.8. The second kappa shape index (κ2) is 4.27. The molecule has 0 spiro atoms. The van der Waals surface area contributed by atoms with Crippen molar-refractivity contribution in [1.82, 2.24) is 0 Å². The van der Waals surface area contributed by atoms with Crippen molar-refractivity contribution in [2.75, 3.05) is 0 Å². The summed E-state index contributed by atoms with van der Waals surface area (Å²) < 4.78 is 0. The molecule has 1 aliphatic carbocycles. The number of hydrogen-bond acceptors (Lipinski definition) is 1.